The summed E-state index contributed by atoms with van der Waals surface area (Å²) in [6, 6.07) is 6.57. The molecule has 1 heterocycles. The van der Waals surface area contributed by atoms with Crippen molar-refractivity contribution in [2.24, 2.45) is 5.73 Å². The Morgan fingerprint density at radius 2 is 2.26 bits per heavy atom. The van der Waals surface area contributed by atoms with Crippen LogP contribution in [0, 0.1) is 0 Å². The fraction of sp³-hybridized carbons (Fsp3) is 0.231. The summed E-state index contributed by atoms with van der Waals surface area (Å²) in [7, 11) is 1.79. The van der Waals surface area contributed by atoms with E-state index < -0.39 is 5.97 Å². The number of benzene rings is 1. The molecule has 0 radical (unpaired) electrons. The SMILES string of the molecule is CNc1nc(-c2cccc(C(=O)O)c2)c(C(C)N)s1. The maximum absolute atomic E-state index is 11.0. The average molecular weight is 277 g/mol. The summed E-state index contributed by atoms with van der Waals surface area (Å²) < 4.78 is 0. The van der Waals surface area contributed by atoms with E-state index in [0.29, 0.717) is 0 Å². The summed E-state index contributed by atoms with van der Waals surface area (Å²) in [6.45, 7) is 1.89. The van der Waals surface area contributed by atoms with Gasteiger partial charge in [-0.3, -0.25) is 0 Å². The topological polar surface area (TPSA) is 88.2 Å². The highest BCUT2D eigenvalue weighted by Gasteiger charge is 2.16. The molecule has 1 aromatic heterocycles. The summed E-state index contributed by atoms with van der Waals surface area (Å²) in [5.74, 6) is -0.951. The van der Waals surface area contributed by atoms with Gasteiger partial charge in [-0.2, -0.15) is 0 Å². The van der Waals surface area contributed by atoms with Crippen LogP contribution in [0.1, 0.15) is 28.2 Å². The van der Waals surface area contributed by atoms with Crippen LogP contribution in [0.25, 0.3) is 11.3 Å². The zero-order valence-corrected chi connectivity index (χ0v) is 11.5. The molecule has 100 valence electrons. The Morgan fingerprint density at radius 1 is 1.53 bits per heavy atom. The van der Waals surface area contributed by atoms with E-state index in [9.17, 15) is 4.79 Å². The summed E-state index contributed by atoms with van der Waals surface area (Å²) >= 11 is 1.48. The van der Waals surface area contributed by atoms with Crippen LogP contribution in [-0.2, 0) is 0 Å². The first kappa shape index (κ1) is 13.5. The van der Waals surface area contributed by atoms with Gasteiger partial charge in [0, 0.05) is 18.7 Å². The van der Waals surface area contributed by atoms with Crippen LogP contribution in [-0.4, -0.2) is 23.1 Å². The molecule has 0 aliphatic carbocycles. The van der Waals surface area contributed by atoms with Gasteiger partial charge in [-0.05, 0) is 19.1 Å². The minimum Gasteiger partial charge on any atom is -0.478 e. The highest BCUT2D eigenvalue weighted by molar-refractivity contribution is 7.16. The predicted octanol–water partition coefficient (Wildman–Crippen LogP) is 2.57. The molecule has 4 N–H and O–H groups in total. The molecule has 1 atom stereocenters. The van der Waals surface area contributed by atoms with Gasteiger partial charge in [-0.25, -0.2) is 9.78 Å². The number of rotatable bonds is 4. The number of hydrogen-bond donors (Lipinski definition) is 3. The minimum atomic E-state index is -0.951. The predicted molar refractivity (Wildman–Crippen MR) is 76.7 cm³/mol. The lowest BCUT2D eigenvalue weighted by molar-refractivity contribution is 0.0697. The lowest BCUT2D eigenvalue weighted by atomic mass is 10.1. The van der Waals surface area contributed by atoms with E-state index >= 15 is 0 Å². The van der Waals surface area contributed by atoms with Crippen LogP contribution in [0.5, 0.6) is 0 Å². The average Bonchev–Trinajstić information content (AvgIpc) is 2.83. The number of nitrogens with one attached hydrogen (secondary N) is 1. The van der Waals surface area contributed by atoms with E-state index in [4.69, 9.17) is 10.8 Å². The molecule has 0 fully saturated rings. The summed E-state index contributed by atoms with van der Waals surface area (Å²) in [6.07, 6.45) is 0. The Hall–Kier alpha value is -1.92. The number of nitrogens with zero attached hydrogens (tertiary/aromatic N) is 1. The van der Waals surface area contributed by atoms with Crippen molar-refractivity contribution in [3.8, 4) is 11.3 Å². The molecule has 2 aromatic rings. The van der Waals surface area contributed by atoms with E-state index in [0.717, 1.165) is 21.3 Å². The molecule has 2 rings (SSSR count). The molecule has 1 unspecified atom stereocenters. The number of anilines is 1. The highest BCUT2D eigenvalue weighted by Crippen LogP contribution is 2.34. The van der Waals surface area contributed by atoms with Crippen LogP contribution in [0.4, 0.5) is 5.13 Å². The lowest BCUT2D eigenvalue weighted by Crippen LogP contribution is -2.04. The molecule has 19 heavy (non-hydrogen) atoms. The number of carboxylic acid groups (broad SMARTS) is 1. The molecule has 0 saturated heterocycles. The maximum atomic E-state index is 11.0. The normalized spacial score (nSPS) is 12.2. The molecule has 5 nitrogen and oxygen atoms in total. The Labute approximate surface area is 115 Å². The van der Waals surface area contributed by atoms with E-state index in [-0.39, 0.29) is 11.6 Å². The largest absolute Gasteiger partial charge is 0.478 e. The molecule has 0 bridgehead atoms. The van der Waals surface area contributed by atoms with Crippen LogP contribution >= 0.6 is 11.3 Å². The maximum Gasteiger partial charge on any atom is 0.335 e. The Balaban J connectivity index is 2.54. The second kappa shape index (κ2) is 5.38. The van der Waals surface area contributed by atoms with Gasteiger partial charge in [0.05, 0.1) is 16.1 Å². The number of carboxylic acids is 1. The third kappa shape index (κ3) is 2.74. The van der Waals surface area contributed by atoms with Gasteiger partial charge in [0.2, 0.25) is 0 Å². The number of carbonyl (C=O) groups is 1. The second-order valence-electron chi connectivity index (χ2n) is 4.16. The summed E-state index contributed by atoms with van der Waals surface area (Å²) in [4.78, 5) is 16.4. The van der Waals surface area contributed by atoms with Gasteiger partial charge < -0.3 is 16.2 Å². The Bertz CT molecular complexity index is 608. The van der Waals surface area contributed by atoms with Gasteiger partial charge in [0.25, 0.3) is 0 Å². The van der Waals surface area contributed by atoms with Crippen LogP contribution < -0.4 is 11.1 Å². The number of aromatic nitrogens is 1. The van der Waals surface area contributed by atoms with Crippen LogP contribution in [0.2, 0.25) is 0 Å². The number of thiazole rings is 1. The Morgan fingerprint density at radius 3 is 2.84 bits per heavy atom. The molecule has 6 heteroatoms. The van der Waals surface area contributed by atoms with Crippen molar-refractivity contribution in [2.75, 3.05) is 12.4 Å². The molecule has 0 saturated carbocycles. The standard InChI is InChI=1S/C13H15N3O2S/c1-7(14)11-10(16-13(15-2)19-11)8-4-3-5-9(6-8)12(17)18/h3-7H,14H2,1-2H3,(H,15,16)(H,17,18). The van der Waals surface area contributed by atoms with Crippen molar-refractivity contribution in [2.45, 2.75) is 13.0 Å². The zero-order chi connectivity index (χ0) is 14.0. The monoisotopic (exact) mass is 277 g/mol. The third-order valence-electron chi connectivity index (χ3n) is 2.66. The van der Waals surface area contributed by atoms with Gasteiger partial charge in [-0.15, -0.1) is 0 Å². The van der Waals surface area contributed by atoms with E-state index in [1.807, 2.05) is 13.0 Å². The van der Waals surface area contributed by atoms with E-state index in [1.54, 1.807) is 25.2 Å². The number of hydrogen-bond acceptors (Lipinski definition) is 5. The fourth-order valence-electron chi connectivity index (χ4n) is 1.75. The summed E-state index contributed by atoms with van der Waals surface area (Å²) in [5.41, 5.74) is 7.70. The fourth-order valence-corrected chi connectivity index (χ4v) is 2.65. The quantitative estimate of drug-likeness (QED) is 0.799. The molecule has 0 amide bonds. The smallest absolute Gasteiger partial charge is 0.335 e. The zero-order valence-electron chi connectivity index (χ0n) is 10.7. The lowest BCUT2D eigenvalue weighted by Gasteiger charge is -2.06. The highest BCUT2D eigenvalue weighted by atomic mass is 32.1. The van der Waals surface area contributed by atoms with Crippen molar-refractivity contribution in [3.05, 3.63) is 34.7 Å². The van der Waals surface area contributed by atoms with Crippen molar-refractivity contribution in [1.82, 2.24) is 4.98 Å². The number of nitrogens with two attached hydrogens (primary N) is 1. The first-order chi connectivity index (χ1) is 9.02. The Kier molecular flexibility index (Phi) is 3.82. The van der Waals surface area contributed by atoms with Crippen molar-refractivity contribution >= 4 is 22.4 Å². The second-order valence-corrected chi connectivity index (χ2v) is 5.19. The molecule has 0 aliphatic rings. The van der Waals surface area contributed by atoms with E-state index in [2.05, 4.69) is 10.3 Å². The van der Waals surface area contributed by atoms with Gasteiger partial charge >= 0.3 is 5.97 Å². The van der Waals surface area contributed by atoms with Gasteiger partial charge in [-0.1, -0.05) is 23.5 Å². The first-order valence-corrected chi connectivity index (χ1v) is 6.62. The minimum absolute atomic E-state index is 0.150. The molecule has 0 spiro atoms. The third-order valence-corrected chi connectivity index (χ3v) is 3.94. The first-order valence-electron chi connectivity index (χ1n) is 5.80. The summed E-state index contributed by atoms with van der Waals surface area (Å²) in [5, 5.41) is 12.8. The van der Waals surface area contributed by atoms with E-state index in [1.165, 1.54) is 11.3 Å². The number of aromatic carboxylic acids is 1. The molecular weight excluding hydrogens is 262 g/mol. The van der Waals surface area contributed by atoms with Gasteiger partial charge in [0.1, 0.15) is 0 Å². The van der Waals surface area contributed by atoms with Crippen LogP contribution in [0.15, 0.2) is 24.3 Å². The van der Waals surface area contributed by atoms with Crippen LogP contribution in [0.3, 0.4) is 0 Å². The molecule has 0 aliphatic heterocycles. The molecular formula is C13H15N3O2S. The van der Waals surface area contributed by atoms with Crippen molar-refractivity contribution in [3.63, 3.8) is 0 Å². The van der Waals surface area contributed by atoms with Crippen molar-refractivity contribution in [1.29, 1.82) is 0 Å². The van der Waals surface area contributed by atoms with Crippen molar-refractivity contribution < 1.29 is 9.90 Å². The molecule has 1 aromatic carbocycles. The van der Waals surface area contributed by atoms with Gasteiger partial charge in [0.15, 0.2) is 5.13 Å².